The van der Waals surface area contributed by atoms with E-state index in [2.05, 4.69) is 0 Å². The second-order valence-corrected chi connectivity index (χ2v) is 5.62. The minimum atomic E-state index is -0.647. The zero-order valence-corrected chi connectivity index (χ0v) is 14.5. The molecule has 0 heterocycles. The maximum absolute atomic E-state index is 13.0. The fourth-order valence-electron chi connectivity index (χ4n) is 2.22. The molecule has 2 aromatic rings. The Kier molecular flexibility index (Phi) is 6.17. The number of hydrogen-bond donors (Lipinski definition) is 1. The second-order valence-electron chi connectivity index (χ2n) is 5.62. The zero-order chi connectivity index (χ0) is 18.4. The topological polar surface area (TPSA) is 55.8 Å². The third-order valence-electron chi connectivity index (χ3n) is 3.75. The van der Waals surface area contributed by atoms with Gasteiger partial charge < -0.3 is 14.6 Å². The van der Waals surface area contributed by atoms with Gasteiger partial charge in [-0.3, -0.25) is 0 Å². The summed E-state index contributed by atoms with van der Waals surface area (Å²) >= 11 is 0. The molecule has 25 heavy (non-hydrogen) atoms. The summed E-state index contributed by atoms with van der Waals surface area (Å²) in [4.78, 5) is 12.0. The normalized spacial score (nSPS) is 12.2. The van der Waals surface area contributed by atoms with Crippen molar-refractivity contribution >= 4 is 18.1 Å². The molecule has 0 spiro atoms. The highest BCUT2D eigenvalue weighted by Crippen LogP contribution is 2.31. The number of carbonyl (C=O) groups is 1. The van der Waals surface area contributed by atoms with E-state index in [1.165, 1.54) is 25.3 Å². The standard InChI is InChI=1S/C20H21FO4/c1-4-13(2)25-17-11-15(19(18(22)12-17)20(23)24-3)8-5-14-6-9-16(21)10-7-14/h5-13,22H,4H2,1-3H3/b8-5+. The summed E-state index contributed by atoms with van der Waals surface area (Å²) in [5.41, 5.74) is 1.26. The van der Waals surface area contributed by atoms with Crippen LogP contribution < -0.4 is 4.74 Å². The van der Waals surface area contributed by atoms with E-state index >= 15 is 0 Å². The summed E-state index contributed by atoms with van der Waals surface area (Å²) in [5.74, 6) is -0.731. The molecule has 0 aromatic heterocycles. The number of methoxy groups -OCH3 is 1. The molecule has 0 amide bonds. The van der Waals surface area contributed by atoms with E-state index in [4.69, 9.17) is 9.47 Å². The molecule has 0 aliphatic heterocycles. The number of ether oxygens (including phenoxy) is 2. The second kappa shape index (κ2) is 8.33. The Morgan fingerprint density at radius 1 is 1.24 bits per heavy atom. The predicted octanol–water partition coefficient (Wildman–Crippen LogP) is 4.67. The van der Waals surface area contributed by atoms with Crippen molar-refractivity contribution in [3.05, 3.63) is 58.9 Å². The van der Waals surface area contributed by atoms with Gasteiger partial charge in [-0.15, -0.1) is 0 Å². The Hall–Kier alpha value is -2.82. The first kappa shape index (κ1) is 18.5. The van der Waals surface area contributed by atoms with Gasteiger partial charge in [0.25, 0.3) is 0 Å². The quantitative estimate of drug-likeness (QED) is 0.611. The van der Waals surface area contributed by atoms with Crippen LogP contribution in [0.15, 0.2) is 36.4 Å². The highest BCUT2D eigenvalue weighted by Gasteiger charge is 2.18. The highest BCUT2D eigenvalue weighted by molar-refractivity contribution is 5.98. The summed E-state index contributed by atoms with van der Waals surface area (Å²) in [5, 5.41) is 10.2. The van der Waals surface area contributed by atoms with Crippen LogP contribution in [-0.4, -0.2) is 24.3 Å². The summed E-state index contributed by atoms with van der Waals surface area (Å²) in [7, 11) is 1.25. The number of carbonyl (C=O) groups excluding carboxylic acids is 1. The van der Waals surface area contributed by atoms with Crippen LogP contribution in [0.1, 0.15) is 41.8 Å². The van der Waals surface area contributed by atoms with Crippen LogP contribution in [0.3, 0.4) is 0 Å². The molecule has 0 fully saturated rings. The lowest BCUT2D eigenvalue weighted by Gasteiger charge is -2.15. The van der Waals surface area contributed by atoms with Crippen molar-refractivity contribution in [2.75, 3.05) is 7.11 Å². The number of halogens is 1. The van der Waals surface area contributed by atoms with Gasteiger partial charge in [0.05, 0.1) is 13.2 Å². The van der Waals surface area contributed by atoms with E-state index < -0.39 is 5.97 Å². The van der Waals surface area contributed by atoms with Crippen LogP contribution in [0.25, 0.3) is 12.2 Å². The van der Waals surface area contributed by atoms with Crippen molar-refractivity contribution in [3.8, 4) is 11.5 Å². The summed E-state index contributed by atoms with van der Waals surface area (Å²) < 4.78 is 23.5. The number of hydrogen-bond acceptors (Lipinski definition) is 4. The van der Waals surface area contributed by atoms with E-state index in [9.17, 15) is 14.3 Å². The number of benzene rings is 2. The Bertz CT molecular complexity index is 766. The van der Waals surface area contributed by atoms with Crippen LogP contribution in [0.2, 0.25) is 0 Å². The van der Waals surface area contributed by atoms with Crippen molar-refractivity contribution in [1.82, 2.24) is 0 Å². The van der Waals surface area contributed by atoms with E-state index in [-0.39, 0.29) is 23.2 Å². The smallest absolute Gasteiger partial charge is 0.342 e. The molecule has 2 rings (SSSR count). The van der Waals surface area contributed by atoms with E-state index in [1.807, 2.05) is 13.8 Å². The summed E-state index contributed by atoms with van der Waals surface area (Å²) in [6.45, 7) is 3.90. The fraction of sp³-hybridized carbons (Fsp3) is 0.250. The zero-order valence-electron chi connectivity index (χ0n) is 14.5. The van der Waals surface area contributed by atoms with Crippen LogP contribution in [0, 0.1) is 5.82 Å². The first-order valence-corrected chi connectivity index (χ1v) is 8.00. The molecule has 132 valence electrons. The molecule has 5 heteroatoms. The van der Waals surface area contributed by atoms with Crippen molar-refractivity contribution < 1.29 is 23.8 Å². The first-order valence-electron chi connectivity index (χ1n) is 8.00. The lowest BCUT2D eigenvalue weighted by Crippen LogP contribution is -2.11. The van der Waals surface area contributed by atoms with E-state index in [0.29, 0.717) is 11.3 Å². The van der Waals surface area contributed by atoms with Gasteiger partial charge in [0.15, 0.2) is 0 Å². The van der Waals surface area contributed by atoms with Gasteiger partial charge in [-0.1, -0.05) is 31.2 Å². The average Bonchev–Trinajstić information content (AvgIpc) is 2.60. The lowest BCUT2D eigenvalue weighted by atomic mass is 10.0. The van der Waals surface area contributed by atoms with Gasteiger partial charge in [0, 0.05) is 6.07 Å². The van der Waals surface area contributed by atoms with Crippen LogP contribution >= 0.6 is 0 Å². The average molecular weight is 344 g/mol. The number of aromatic hydroxyl groups is 1. The number of phenolic OH excluding ortho intramolecular Hbond substituents is 1. The molecule has 1 unspecified atom stereocenters. The predicted molar refractivity (Wildman–Crippen MR) is 95.2 cm³/mol. The van der Waals surface area contributed by atoms with Gasteiger partial charge in [-0.25, -0.2) is 9.18 Å². The van der Waals surface area contributed by atoms with Gasteiger partial charge in [-0.2, -0.15) is 0 Å². The van der Waals surface area contributed by atoms with Gasteiger partial charge in [-0.05, 0) is 42.7 Å². The van der Waals surface area contributed by atoms with Crippen molar-refractivity contribution in [1.29, 1.82) is 0 Å². The highest BCUT2D eigenvalue weighted by atomic mass is 19.1. The Morgan fingerprint density at radius 2 is 1.92 bits per heavy atom. The molecule has 0 bridgehead atoms. The molecular formula is C20H21FO4. The van der Waals surface area contributed by atoms with Crippen molar-refractivity contribution in [2.24, 2.45) is 0 Å². The Labute approximate surface area is 146 Å². The Balaban J connectivity index is 2.43. The molecule has 0 saturated heterocycles. The molecule has 2 aromatic carbocycles. The Morgan fingerprint density at radius 3 is 2.52 bits per heavy atom. The molecular weight excluding hydrogens is 323 g/mol. The monoisotopic (exact) mass is 344 g/mol. The largest absolute Gasteiger partial charge is 0.507 e. The maximum Gasteiger partial charge on any atom is 0.342 e. The van der Waals surface area contributed by atoms with Gasteiger partial charge in [0.1, 0.15) is 22.9 Å². The molecule has 0 aliphatic rings. The van der Waals surface area contributed by atoms with Gasteiger partial charge in [0.2, 0.25) is 0 Å². The van der Waals surface area contributed by atoms with Crippen LogP contribution in [0.5, 0.6) is 11.5 Å². The number of phenols is 1. The van der Waals surface area contributed by atoms with Crippen LogP contribution in [-0.2, 0) is 4.74 Å². The molecule has 0 saturated carbocycles. The third-order valence-corrected chi connectivity index (χ3v) is 3.75. The SMILES string of the molecule is CCC(C)Oc1cc(O)c(C(=O)OC)c(/C=C/c2ccc(F)cc2)c1. The van der Waals surface area contributed by atoms with E-state index in [1.54, 1.807) is 30.4 Å². The van der Waals surface area contributed by atoms with Crippen LogP contribution in [0.4, 0.5) is 4.39 Å². The number of esters is 1. The summed E-state index contributed by atoms with van der Waals surface area (Å²) in [6.07, 6.45) is 4.15. The van der Waals surface area contributed by atoms with E-state index in [0.717, 1.165) is 12.0 Å². The summed E-state index contributed by atoms with van der Waals surface area (Å²) in [6, 6.07) is 8.99. The fourth-order valence-corrected chi connectivity index (χ4v) is 2.22. The molecule has 1 atom stereocenters. The lowest BCUT2D eigenvalue weighted by molar-refractivity contribution is 0.0597. The molecule has 0 radical (unpaired) electrons. The first-order chi connectivity index (χ1) is 11.9. The molecule has 4 nitrogen and oxygen atoms in total. The third kappa shape index (κ3) is 4.83. The molecule has 1 N–H and O–H groups in total. The number of rotatable bonds is 6. The van der Waals surface area contributed by atoms with Crippen molar-refractivity contribution in [3.63, 3.8) is 0 Å². The molecule has 0 aliphatic carbocycles. The maximum atomic E-state index is 13.0. The minimum Gasteiger partial charge on any atom is -0.507 e. The van der Waals surface area contributed by atoms with Gasteiger partial charge >= 0.3 is 5.97 Å². The minimum absolute atomic E-state index is 0.0303. The van der Waals surface area contributed by atoms with Crippen molar-refractivity contribution in [2.45, 2.75) is 26.4 Å².